The third kappa shape index (κ3) is 6.24. The molecule has 1 N–H and O–H groups in total. The van der Waals surface area contributed by atoms with Crippen LogP contribution in [0.1, 0.15) is 31.4 Å². The van der Waals surface area contributed by atoms with Crippen molar-refractivity contribution in [2.24, 2.45) is 0 Å². The van der Waals surface area contributed by atoms with E-state index in [1.807, 2.05) is 0 Å². The van der Waals surface area contributed by atoms with Crippen molar-refractivity contribution in [2.75, 3.05) is 13.2 Å². The van der Waals surface area contributed by atoms with Crippen LogP contribution < -0.4 is 10.1 Å². The maximum atomic E-state index is 6.16. The van der Waals surface area contributed by atoms with Crippen LogP contribution in [-0.4, -0.2) is 19.2 Å². The van der Waals surface area contributed by atoms with Gasteiger partial charge in [0, 0.05) is 6.04 Å². The molecule has 28 heavy (non-hydrogen) atoms. The van der Waals surface area contributed by atoms with E-state index in [0.29, 0.717) is 6.04 Å². The Morgan fingerprint density at radius 3 is 2.21 bits per heavy atom. The van der Waals surface area contributed by atoms with E-state index in [9.17, 15) is 0 Å². The first-order valence-electron chi connectivity index (χ1n) is 10.3. The second-order valence-corrected chi connectivity index (χ2v) is 7.48. The minimum atomic E-state index is 0.520. The Hall–Kier alpha value is -2.58. The molecule has 3 aromatic rings. The van der Waals surface area contributed by atoms with Gasteiger partial charge in [-0.3, -0.25) is 0 Å². The van der Waals surface area contributed by atoms with Crippen LogP contribution in [0.3, 0.4) is 0 Å². The highest BCUT2D eigenvalue weighted by atomic mass is 16.5. The van der Waals surface area contributed by atoms with Gasteiger partial charge < -0.3 is 10.1 Å². The van der Waals surface area contributed by atoms with Gasteiger partial charge in [-0.05, 0) is 60.2 Å². The van der Waals surface area contributed by atoms with Crippen LogP contribution in [0.25, 0.3) is 11.1 Å². The van der Waals surface area contributed by atoms with E-state index in [0.717, 1.165) is 38.2 Å². The highest BCUT2D eigenvalue weighted by molar-refractivity contribution is 5.65. The van der Waals surface area contributed by atoms with E-state index >= 15 is 0 Å². The lowest BCUT2D eigenvalue weighted by atomic mass is 9.98. The Kier molecular flexibility index (Phi) is 7.69. The first-order chi connectivity index (χ1) is 13.7. The summed E-state index contributed by atoms with van der Waals surface area (Å²) < 4.78 is 6.16. The molecule has 0 aliphatic carbocycles. The van der Waals surface area contributed by atoms with Crippen molar-refractivity contribution in [3.63, 3.8) is 0 Å². The molecule has 0 radical (unpaired) electrons. The van der Waals surface area contributed by atoms with E-state index in [1.165, 1.54) is 22.3 Å². The van der Waals surface area contributed by atoms with E-state index in [2.05, 4.69) is 98.0 Å². The maximum absolute atomic E-state index is 6.16. The summed E-state index contributed by atoms with van der Waals surface area (Å²) in [5, 5.41) is 3.44. The predicted molar refractivity (Wildman–Crippen MR) is 119 cm³/mol. The summed E-state index contributed by atoms with van der Waals surface area (Å²) in [6, 6.07) is 28.3. The molecular formula is C26H31NO. The molecule has 0 bridgehead atoms. The summed E-state index contributed by atoms with van der Waals surface area (Å²) >= 11 is 0. The Morgan fingerprint density at radius 2 is 1.50 bits per heavy atom. The quantitative estimate of drug-likeness (QED) is 0.446. The second kappa shape index (κ2) is 10.7. The molecule has 0 saturated carbocycles. The molecule has 0 heterocycles. The van der Waals surface area contributed by atoms with Crippen molar-refractivity contribution in [3.05, 3.63) is 90.0 Å². The molecule has 0 aliphatic heterocycles. The van der Waals surface area contributed by atoms with Gasteiger partial charge in [0.2, 0.25) is 0 Å². The van der Waals surface area contributed by atoms with Gasteiger partial charge in [0.15, 0.2) is 0 Å². The molecule has 146 valence electrons. The van der Waals surface area contributed by atoms with Gasteiger partial charge in [0.25, 0.3) is 0 Å². The van der Waals surface area contributed by atoms with Crippen LogP contribution >= 0.6 is 0 Å². The van der Waals surface area contributed by atoms with Gasteiger partial charge in [0.1, 0.15) is 5.75 Å². The topological polar surface area (TPSA) is 21.3 Å². The van der Waals surface area contributed by atoms with E-state index in [4.69, 9.17) is 4.74 Å². The summed E-state index contributed by atoms with van der Waals surface area (Å²) in [6.45, 7) is 6.07. The normalized spacial score (nSPS) is 11.0. The van der Waals surface area contributed by atoms with E-state index < -0.39 is 0 Å². The zero-order valence-corrected chi connectivity index (χ0v) is 17.0. The van der Waals surface area contributed by atoms with E-state index in [-0.39, 0.29) is 0 Å². The number of nitrogens with one attached hydrogen (secondary N) is 1. The molecule has 0 aliphatic rings. The zero-order chi connectivity index (χ0) is 19.6. The predicted octanol–water partition coefficient (Wildman–Crippen LogP) is 5.91. The first-order valence-corrected chi connectivity index (χ1v) is 10.3. The molecular weight excluding hydrogens is 342 g/mol. The summed E-state index contributed by atoms with van der Waals surface area (Å²) in [4.78, 5) is 0. The lowest BCUT2D eigenvalue weighted by Gasteiger charge is -2.14. The zero-order valence-electron chi connectivity index (χ0n) is 17.0. The number of rotatable bonds is 10. The summed E-state index contributed by atoms with van der Waals surface area (Å²) in [7, 11) is 0. The highest BCUT2D eigenvalue weighted by Gasteiger charge is 2.08. The van der Waals surface area contributed by atoms with Crippen molar-refractivity contribution in [1.82, 2.24) is 5.32 Å². The highest BCUT2D eigenvalue weighted by Crippen LogP contribution is 2.28. The van der Waals surface area contributed by atoms with Crippen molar-refractivity contribution >= 4 is 0 Å². The third-order valence-corrected chi connectivity index (χ3v) is 4.82. The van der Waals surface area contributed by atoms with Crippen LogP contribution in [0.2, 0.25) is 0 Å². The lowest BCUT2D eigenvalue weighted by Crippen LogP contribution is -2.24. The molecule has 0 amide bonds. The average Bonchev–Trinajstić information content (AvgIpc) is 2.73. The van der Waals surface area contributed by atoms with Gasteiger partial charge >= 0.3 is 0 Å². The van der Waals surface area contributed by atoms with Gasteiger partial charge in [-0.2, -0.15) is 0 Å². The van der Waals surface area contributed by atoms with Gasteiger partial charge in [-0.25, -0.2) is 0 Å². The molecule has 2 nitrogen and oxygen atoms in total. The number of benzene rings is 3. The first kappa shape index (κ1) is 20.2. The number of hydrogen-bond donors (Lipinski definition) is 1. The van der Waals surface area contributed by atoms with Crippen molar-refractivity contribution < 1.29 is 4.74 Å². The van der Waals surface area contributed by atoms with Crippen molar-refractivity contribution in [3.8, 4) is 16.9 Å². The van der Waals surface area contributed by atoms with Crippen LogP contribution in [0.15, 0.2) is 78.9 Å². The second-order valence-electron chi connectivity index (χ2n) is 7.48. The van der Waals surface area contributed by atoms with Crippen molar-refractivity contribution in [2.45, 2.75) is 39.2 Å². The fourth-order valence-corrected chi connectivity index (χ4v) is 3.29. The fraction of sp³-hybridized carbons (Fsp3) is 0.308. The SMILES string of the molecule is CC(C)NCCCOc1ccc(-c2ccccc2)cc1CCc1ccccc1. The Morgan fingerprint density at radius 1 is 0.786 bits per heavy atom. The number of aryl methyl sites for hydroxylation is 2. The molecule has 0 atom stereocenters. The minimum absolute atomic E-state index is 0.520. The smallest absolute Gasteiger partial charge is 0.122 e. The number of ether oxygens (including phenoxy) is 1. The molecule has 0 saturated heterocycles. The van der Waals surface area contributed by atoms with Gasteiger partial charge in [0.05, 0.1) is 6.61 Å². The largest absolute Gasteiger partial charge is 0.493 e. The average molecular weight is 374 g/mol. The molecule has 0 spiro atoms. The minimum Gasteiger partial charge on any atom is -0.493 e. The third-order valence-electron chi connectivity index (χ3n) is 4.82. The van der Waals surface area contributed by atoms with Crippen LogP contribution in [0, 0.1) is 0 Å². The standard InChI is InChI=1S/C26H31NO/c1-21(2)27-18-9-19-28-26-17-16-24(23-12-7-4-8-13-23)20-25(26)15-14-22-10-5-3-6-11-22/h3-8,10-13,16-17,20-21,27H,9,14-15,18-19H2,1-2H3. The van der Waals surface area contributed by atoms with E-state index in [1.54, 1.807) is 0 Å². The Bertz CT molecular complexity index is 828. The van der Waals surface area contributed by atoms with Crippen LogP contribution in [-0.2, 0) is 12.8 Å². The van der Waals surface area contributed by atoms with Crippen LogP contribution in [0.5, 0.6) is 5.75 Å². The molecule has 0 aromatic heterocycles. The van der Waals surface area contributed by atoms with Gasteiger partial charge in [-0.1, -0.05) is 80.6 Å². The van der Waals surface area contributed by atoms with Crippen LogP contribution in [0.4, 0.5) is 0 Å². The Labute approximate surface area is 169 Å². The summed E-state index contributed by atoms with van der Waals surface area (Å²) in [5.41, 5.74) is 5.13. The molecule has 2 heteroatoms. The molecule has 3 rings (SSSR count). The van der Waals surface area contributed by atoms with Gasteiger partial charge in [-0.15, -0.1) is 0 Å². The number of hydrogen-bond acceptors (Lipinski definition) is 2. The molecule has 0 fully saturated rings. The van der Waals surface area contributed by atoms with Crippen molar-refractivity contribution in [1.29, 1.82) is 0 Å². The molecule has 3 aromatic carbocycles. The summed E-state index contributed by atoms with van der Waals surface area (Å²) in [6.07, 6.45) is 3.01. The summed E-state index contributed by atoms with van der Waals surface area (Å²) in [5.74, 6) is 1.01. The lowest BCUT2D eigenvalue weighted by molar-refractivity contribution is 0.303. The maximum Gasteiger partial charge on any atom is 0.122 e. The Balaban J connectivity index is 1.71. The molecule has 0 unspecified atom stereocenters. The monoisotopic (exact) mass is 373 g/mol. The fourth-order valence-electron chi connectivity index (χ4n) is 3.29.